The Morgan fingerprint density at radius 3 is 2.36 bits per heavy atom. The molecule has 214 valence electrons. The van der Waals surface area contributed by atoms with Crippen LogP contribution in [0.2, 0.25) is 0 Å². The Morgan fingerprint density at radius 2 is 1.74 bits per heavy atom. The number of piperidine rings is 1. The van der Waals surface area contributed by atoms with E-state index in [1.807, 2.05) is 19.9 Å². The van der Waals surface area contributed by atoms with Gasteiger partial charge < -0.3 is 15.3 Å². The van der Waals surface area contributed by atoms with Crippen LogP contribution in [0.1, 0.15) is 57.4 Å². The molecule has 2 aromatic carbocycles. The average Bonchev–Trinajstić information content (AvgIpc) is 3.29. The van der Waals surface area contributed by atoms with Gasteiger partial charge in [0.15, 0.2) is 9.84 Å². The van der Waals surface area contributed by atoms with Crippen LogP contribution in [-0.4, -0.2) is 61.9 Å². The molecule has 3 unspecified atom stereocenters. The van der Waals surface area contributed by atoms with Crippen LogP contribution in [0.25, 0.3) is 0 Å². The van der Waals surface area contributed by atoms with Gasteiger partial charge in [0.25, 0.3) is 0 Å². The Hall–Kier alpha value is -2.36. The number of benzene rings is 2. The summed E-state index contributed by atoms with van der Waals surface area (Å²) in [5.74, 6) is -0.826. The van der Waals surface area contributed by atoms with Crippen molar-refractivity contribution in [2.45, 2.75) is 68.8 Å². The molecular formula is C30H40F2N2O4S. The van der Waals surface area contributed by atoms with Gasteiger partial charge in [0, 0.05) is 12.6 Å². The number of hydrogen-bond acceptors (Lipinski definition) is 5. The SMILES string of the molecule is CC(C)[C@@H](NC1CC(CN2CCC(CCS(=O)(=O)c3ccc(F)cc3)CC2)C(c2cccc(F)c2)C1)C(=O)O. The fourth-order valence-corrected chi connectivity index (χ4v) is 7.71. The van der Waals surface area contributed by atoms with Crippen molar-refractivity contribution in [2.24, 2.45) is 17.8 Å². The lowest BCUT2D eigenvalue weighted by molar-refractivity contribution is -0.140. The van der Waals surface area contributed by atoms with E-state index in [9.17, 15) is 27.1 Å². The summed E-state index contributed by atoms with van der Waals surface area (Å²) >= 11 is 0. The van der Waals surface area contributed by atoms with E-state index in [1.165, 1.54) is 30.3 Å². The molecule has 39 heavy (non-hydrogen) atoms. The topological polar surface area (TPSA) is 86.7 Å². The first-order valence-electron chi connectivity index (χ1n) is 14.0. The van der Waals surface area contributed by atoms with E-state index in [4.69, 9.17) is 0 Å². The van der Waals surface area contributed by atoms with Gasteiger partial charge in [-0.05, 0) is 111 Å². The highest BCUT2D eigenvalue weighted by Gasteiger charge is 2.39. The van der Waals surface area contributed by atoms with Crippen molar-refractivity contribution in [3.05, 3.63) is 65.7 Å². The third-order valence-electron chi connectivity index (χ3n) is 8.49. The van der Waals surface area contributed by atoms with Crippen LogP contribution in [-0.2, 0) is 14.6 Å². The Balaban J connectivity index is 1.34. The summed E-state index contributed by atoms with van der Waals surface area (Å²) in [6.07, 6.45) is 4.00. The monoisotopic (exact) mass is 562 g/mol. The maximum absolute atomic E-state index is 14.1. The Bertz CT molecular complexity index is 1210. The summed E-state index contributed by atoms with van der Waals surface area (Å²) in [5.41, 5.74) is 0.960. The van der Waals surface area contributed by atoms with Gasteiger partial charge in [-0.1, -0.05) is 26.0 Å². The number of sulfone groups is 1. The molecule has 2 aromatic rings. The lowest BCUT2D eigenvalue weighted by atomic mass is 9.87. The normalized spacial score (nSPS) is 23.8. The molecule has 9 heteroatoms. The van der Waals surface area contributed by atoms with Gasteiger partial charge in [-0.3, -0.25) is 4.79 Å². The number of carboxylic acid groups (broad SMARTS) is 1. The highest BCUT2D eigenvalue weighted by Crippen LogP contribution is 2.41. The number of carbonyl (C=O) groups is 1. The number of carboxylic acids is 1. The van der Waals surface area contributed by atoms with Crippen LogP contribution in [0.3, 0.4) is 0 Å². The highest BCUT2D eigenvalue weighted by molar-refractivity contribution is 7.91. The molecule has 4 atom stereocenters. The number of nitrogens with zero attached hydrogens (tertiary/aromatic N) is 1. The van der Waals surface area contributed by atoms with Crippen molar-refractivity contribution in [3.8, 4) is 0 Å². The molecule has 2 fully saturated rings. The van der Waals surface area contributed by atoms with E-state index < -0.39 is 27.7 Å². The summed E-state index contributed by atoms with van der Waals surface area (Å²) in [4.78, 5) is 14.4. The van der Waals surface area contributed by atoms with Crippen molar-refractivity contribution in [2.75, 3.05) is 25.4 Å². The molecular weight excluding hydrogens is 522 g/mol. The van der Waals surface area contributed by atoms with Crippen LogP contribution in [0, 0.1) is 29.4 Å². The molecule has 2 N–H and O–H groups in total. The molecule has 1 aliphatic carbocycles. The van der Waals surface area contributed by atoms with Crippen LogP contribution in [0.5, 0.6) is 0 Å². The minimum atomic E-state index is -3.44. The summed E-state index contributed by atoms with van der Waals surface area (Å²) in [6, 6.07) is 11.2. The molecule has 0 bridgehead atoms. The standard InChI is InChI=1S/C30H40F2N2O4S/c1-20(2)29(30(35)36)33-26-17-23(28(18-26)22-4-3-5-25(32)16-22)19-34-13-10-21(11-14-34)12-15-39(37,38)27-8-6-24(31)7-9-27/h3-9,16,20-21,23,26,28-29,33H,10-15,17-19H2,1-2H3,(H,35,36)/t23?,26?,28?,29-/m1/s1. The Kier molecular flexibility index (Phi) is 9.78. The zero-order valence-corrected chi connectivity index (χ0v) is 23.5. The molecule has 1 heterocycles. The molecule has 4 rings (SSSR count). The van der Waals surface area contributed by atoms with Crippen molar-refractivity contribution in [1.29, 1.82) is 0 Å². The van der Waals surface area contributed by atoms with Gasteiger partial charge in [0.2, 0.25) is 0 Å². The van der Waals surface area contributed by atoms with Gasteiger partial charge in [-0.25, -0.2) is 17.2 Å². The van der Waals surface area contributed by atoms with E-state index in [2.05, 4.69) is 10.2 Å². The second-order valence-corrected chi connectivity index (χ2v) is 13.7. The predicted octanol–water partition coefficient (Wildman–Crippen LogP) is 5.10. The van der Waals surface area contributed by atoms with Crippen molar-refractivity contribution < 1.29 is 27.1 Å². The van der Waals surface area contributed by atoms with Gasteiger partial charge in [-0.15, -0.1) is 0 Å². The maximum atomic E-state index is 14.1. The number of hydrogen-bond donors (Lipinski definition) is 2. The lowest BCUT2D eigenvalue weighted by Crippen LogP contribution is -2.46. The zero-order chi connectivity index (χ0) is 28.2. The van der Waals surface area contributed by atoms with Crippen molar-refractivity contribution in [1.82, 2.24) is 10.2 Å². The average molecular weight is 563 g/mol. The molecule has 0 spiro atoms. The number of nitrogens with one attached hydrogen (secondary N) is 1. The van der Waals surface area contributed by atoms with Gasteiger partial charge >= 0.3 is 5.97 Å². The molecule has 1 saturated carbocycles. The highest BCUT2D eigenvalue weighted by atomic mass is 32.2. The van der Waals surface area contributed by atoms with Crippen LogP contribution in [0.15, 0.2) is 53.4 Å². The molecule has 6 nitrogen and oxygen atoms in total. The van der Waals surface area contributed by atoms with Crippen molar-refractivity contribution >= 4 is 15.8 Å². The minimum Gasteiger partial charge on any atom is -0.480 e. The van der Waals surface area contributed by atoms with Gasteiger partial charge in [-0.2, -0.15) is 0 Å². The number of halogens is 2. The number of rotatable bonds is 11. The zero-order valence-electron chi connectivity index (χ0n) is 22.7. The number of aliphatic carboxylic acids is 1. The van der Waals surface area contributed by atoms with E-state index in [1.54, 1.807) is 12.1 Å². The second kappa shape index (κ2) is 12.9. The van der Waals surface area contributed by atoms with Crippen LogP contribution in [0.4, 0.5) is 8.78 Å². The summed E-state index contributed by atoms with van der Waals surface area (Å²) < 4.78 is 52.6. The molecule has 0 amide bonds. The fraction of sp³-hybridized carbons (Fsp3) is 0.567. The summed E-state index contributed by atoms with van der Waals surface area (Å²) in [6.45, 7) is 6.39. The molecule has 2 aliphatic rings. The van der Waals surface area contributed by atoms with E-state index in [0.717, 1.165) is 50.9 Å². The van der Waals surface area contributed by atoms with Crippen LogP contribution >= 0.6 is 0 Å². The molecule has 0 aromatic heterocycles. The first-order valence-corrected chi connectivity index (χ1v) is 15.6. The largest absolute Gasteiger partial charge is 0.480 e. The van der Waals surface area contributed by atoms with E-state index >= 15 is 0 Å². The van der Waals surface area contributed by atoms with Gasteiger partial charge in [0.05, 0.1) is 10.6 Å². The Morgan fingerprint density at radius 1 is 1.05 bits per heavy atom. The summed E-state index contributed by atoms with van der Waals surface area (Å²) in [7, 11) is -3.44. The third-order valence-corrected chi connectivity index (χ3v) is 10.3. The number of likely N-dealkylation sites (tertiary alicyclic amines) is 1. The van der Waals surface area contributed by atoms with Crippen molar-refractivity contribution in [3.63, 3.8) is 0 Å². The minimum absolute atomic E-state index is 0.0416. The third kappa shape index (κ3) is 7.86. The molecule has 0 radical (unpaired) electrons. The lowest BCUT2D eigenvalue weighted by Gasteiger charge is -2.35. The first kappa shape index (κ1) is 29.6. The Labute approximate surface area is 230 Å². The maximum Gasteiger partial charge on any atom is 0.320 e. The smallest absolute Gasteiger partial charge is 0.320 e. The summed E-state index contributed by atoms with van der Waals surface area (Å²) in [5, 5.41) is 13.0. The quantitative estimate of drug-likeness (QED) is 0.371. The molecule has 1 saturated heterocycles. The van der Waals surface area contributed by atoms with Crippen LogP contribution < -0.4 is 5.32 Å². The fourth-order valence-electron chi connectivity index (χ4n) is 6.28. The van der Waals surface area contributed by atoms with E-state index in [0.29, 0.717) is 12.3 Å². The predicted molar refractivity (Wildman–Crippen MR) is 147 cm³/mol. The first-order chi connectivity index (χ1) is 18.5. The van der Waals surface area contributed by atoms with E-state index in [-0.39, 0.29) is 40.3 Å². The second-order valence-electron chi connectivity index (χ2n) is 11.6. The molecule has 1 aliphatic heterocycles. The van der Waals surface area contributed by atoms with Gasteiger partial charge in [0.1, 0.15) is 17.7 Å².